The number of ether oxygens (including phenoxy) is 1. The lowest BCUT2D eigenvalue weighted by atomic mass is 10.2. The van der Waals surface area contributed by atoms with Crippen molar-refractivity contribution < 1.29 is 41.1 Å². The Hall–Kier alpha value is -4.21. The molecule has 1 aliphatic heterocycles. The molecule has 3 heterocycles. The molecule has 1 aromatic carbocycles. The van der Waals surface area contributed by atoms with Gasteiger partial charge in [0.2, 0.25) is 0 Å². The van der Waals surface area contributed by atoms with E-state index in [9.17, 15) is 36.3 Å². The molecule has 246 valence electrons. The minimum atomic E-state index is -4.94. The summed E-state index contributed by atoms with van der Waals surface area (Å²) in [5.41, 5.74) is -2.29. The molecule has 11 nitrogen and oxygen atoms in total. The fourth-order valence-electron chi connectivity index (χ4n) is 5.71. The van der Waals surface area contributed by atoms with Crippen molar-refractivity contribution >= 4 is 35.2 Å². The van der Waals surface area contributed by atoms with Crippen LogP contribution in [0.4, 0.5) is 32.4 Å². The summed E-state index contributed by atoms with van der Waals surface area (Å²) in [4.78, 5) is 43.8. The number of likely N-dealkylation sites (tertiary alicyclic amines) is 1. The molecule has 3 amide bonds. The first-order chi connectivity index (χ1) is 21.3. The number of imidazole rings is 1. The fraction of sp³-hybridized carbons (Fsp3) is 0.483. The monoisotopic (exact) mass is 669 g/mol. The largest absolute Gasteiger partial charge is 0.444 e. The van der Waals surface area contributed by atoms with Crippen molar-refractivity contribution in [2.45, 2.75) is 57.0 Å². The van der Waals surface area contributed by atoms with E-state index in [1.54, 1.807) is 25.7 Å². The Bertz CT molecular complexity index is 1740. The van der Waals surface area contributed by atoms with E-state index in [1.807, 2.05) is 0 Å². The van der Waals surface area contributed by atoms with Crippen molar-refractivity contribution in [2.24, 2.45) is 18.9 Å². The highest BCUT2D eigenvalue weighted by Gasteiger charge is 2.60. The lowest BCUT2D eigenvalue weighted by molar-refractivity contribution is -0.141. The number of anilines is 1. The summed E-state index contributed by atoms with van der Waals surface area (Å²) in [7, 11) is 1.31. The number of carbonyl (C=O) groups is 3. The van der Waals surface area contributed by atoms with E-state index in [1.165, 1.54) is 25.2 Å². The molecule has 0 radical (unpaired) electrons. The van der Waals surface area contributed by atoms with Gasteiger partial charge in [0, 0.05) is 56.3 Å². The Kier molecular flexibility index (Phi) is 7.37. The van der Waals surface area contributed by atoms with Gasteiger partial charge in [0.25, 0.3) is 17.7 Å². The molecule has 0 bridgehead atoms. The number of hydrogen-bond donors (Lipinski definition) is 2. The van der Waals surface area contributed by atoms with Gasteiger partial charge in [-0.2, -0.15) is 18.3 Å². The van der Waals surface area contributed by atoms with Crippen molar-refractivity contribution in [2.75, 3.05) is 18.4 Å². The van der Waals surface area contributed by atoms with Crippen LogP contribution < -0.4 is 10.6 Å². The smallest absolute Gasteiger partial charge is 0.435 e. The molecule has 2 saturated carbocycles. The summed E-state index contributed by atoms with van der Waals surface area (Å²) < 4.78 is 75.4. The molecule has 2 N–H and O–H groups in total. The number of nitrogens with one attached hydrogen (secondary N) is 2. The van der Waals surface area contributed by atoms with Crippen LogP contribution in [0, 0.1) is 11.8 Å². The predicted octanol–water partition coefficient (Wildman–Crippen LogP) is 5.38. The molecule has 17 heteroatoms. The van der Waals surface area contributed by atoms with E-state index < -0.39 is 59.3 Å². The van der Waals surface area contributed by atoms with Crippen molar-refractivity contribution in [3.8, 4) is 11.3 Å². The van der Waals surface area contributed by atoms with Gasteiger partial charge in [0.15, 0.2) is 11.5 Å². The van der Waals surface area contributed by atoms with Crippen LogP contribution in [0.1, 0.15) is 59.9 Å². The summed E-state index contributed by atoms with van der Waals surface area (Å²) in [6.45, 7) is 6.30. The number of nitrogens with zero attached hydrogens (tertiary/aromatic N) is 5. The highest BCUT2D eigenvalue weighted by atomic mass is 35.5. The zero-order valence-electron chi connectivity index (χ0n) is 25.0. The molecule has 3 aromatic rings. The molecule has 4 atom stereocenters. The van der Waals surface area contributed by atoms with E-state index in [0.717, 1.165) is 17.0 Å². The molecule has 46 heavy (non-hydrogen) atoms. The van der Waals surface area contributed by atoms with Crippen LogP contribution in [0.3, 0.4) is 0 Å². The highest BCUT2D eigenvalue weighted by Crippen LogP contribution is 2.53. The number of benzene rings is 1. The maximum Gasteiger partial charge on any atom is 0.435 e. The second-order valence-electron chi connectivity index (χ2n) is 12.7. The van der Waals surface area contributed by atoms with Gasteiger partial charge in [0.05, 0.1) is 28.0 Å². The molecular formula is C29H29ClF5N7O4. The van der Waals surface area contributed by atoms with Gasteiger partial charge in [-0.15, -0.1) is 0 Å². The Labute approximate surface area is 264 Å². The van der Waals surface area contributed by atoms with E-state index in [4.69, 9.17) is 16.3 Å². The Balaban J connectivity index is 1.09. The van der Waals surface area contributed by atoms with Crippen LogP contribution in [0.15, 0.2) is 30.6 Å². The van der Waals surface area contributed by atoms with Gasteiger partial charge in [0.1, 0.15) is 11.6 Å². The summed E-state index contributed by atoms with van der Waals surface area (Å²) in [6.07, 6.45) is -4.06. The number of aromatic nitrogens is 4. The summed E-state index contributed by atoms with van der Waals surface area (Å²) in [5.74, 6) is -4.43. The molecule has 2 aromatic heterocycles. The zero-order chi connectivity index (χ0) is 33.5. The first-order valence-electron chi connectivity index (χ1n) is 14.3. The summed E-state index contributed by atoms with van der Waals surface area (Å²) in [6, 6.07) is 2.59. The average Bonchev–Trinajstić information content (AvgIpc) is 3.44. The van der Waals surface area contributed by atoms with Crippen molar-refractivity contribution in [3.05, 3.63) is 52.7 Å². The van der Waals surface area contributed by atoms with Gasteiger partial charge in [-0.25, -0.2) is 18.6 Å². The van der Waals surface area contributed by atoms with Crippen molar-refractivity contribution in [1.82, 2.24) is 29.5 Å². The quantitative estimate of drug-likeness (QED) is 0.340. The topological polar surface area (TPSA) is 123 Å². The number of amides is 3. The second-order valence-corrected chi connectivity index (χ2v) is 13.1. The average molecular weight is 670 g/mol. The second kappa shape index (κ2) is 10.7. The van der Waals surface area contributed by atoms with Gasteiger partial charge < -0.3 is 24.8 Å². The Morgan fingerprint density at radius 3 is 2.30 bits per heavy atom. The van der Waals surface area contributed by atoms with Gasteiger partial charge >= 0.3 is 12.3 Å². The first kappa shape index (κ1) is 31.8. The molecule has 2 aliphatic carbocycles. The van der Waals surface area contributed by atoms with Crippen LogP contribution in [0.25, 0.3) is 11.3 Å². The van der Waals surface area contributed by atoms with Gasteiger partial charge in [-0.05, 0) is 39.0 Å². The van der Waals surface area contributed by atoms with Crippen molar-refractivity contribution in [3.63, 3.8) is 0 Å². The first-order valence-corrected chi connectivity index (χ1v) is 14.7. The Morgan fingerprint density at radius 1 is 1.09 bits per heavy atom. The van der Waals surface area contributed by atoms with E-state index >= 15 is 0 Å². The fourth-order valence-corrected chi connectivity index (χ4v) is 5.98. The van der Waals surface area contributed by atoms with Crippen LogP contribution in [-0.4, -0.2) is 72.8 Å². The van der Waals surface area contributed by atoms with E-state index in [0.29, 0.717) is 17.8 Å². The number of fused-ring (bicyclic) bond motifs is 1. The summed E-state index contributed by atoms with van der Waals surface area (Å²) in [5, 5.41) is 8.89. The highest BCUT2D eigenvalue weighted by molar-refractivity contribution is 6.34. The lowest BCUT2D eigenvalue weighted by Crippen LogP contribution is -2.40. The number of piperidine rings is 1. The van der Waals surface area contributed by atoms with E-state index in [2.05, 4.69) is 20.7 Å². The molecular weight excluding hydrogens is 641 g/mol. The third kappa shape index (κ3) is 6.01. The van der Waals surface area contributed by atoms with Gasteiger partial charge in [-0.3, -0.25) is 14.3 Å². The van der Waals surface area contributed by atoms with Crippen LogP contribution >= 0.6 is 11.6 Å². The van der Waals surface area contributed by atoms with Crippen LogP contribution in [0.5, 0.6) is 0 Å². The number of hydrogen-bond acceptors (Lipinski definition) is 6. The molecule has 3 fully saturated rings. The maximum absolute atomic E-state index is 13.7. The third-order valence-corrected chi connectivity index (χ3v) is 8.51. The standard InChI is InChI=1S/C29H29ClF5N7O4/c1-27(2,3)46-26(45)41-10-15-16(11-41)21(15)38-24(43)14-6-5-13(7-18(14)30)37-25(44)23-36-9-19(40(23)4)17-12-42(20-8-28(20,31)32)39-22(17)29(33,34)35/h5-7,9,12,15-16,20-21H,8,10-11H2,1-4H3,(H,37,44)(H,38,43)/t15-,16+,20-,21?/m0/s1. The van der Waals surface area contributed by atoms with Crippen LogP contribution in [0.2, 0.25) is 5.02 Å². The van der Waals surface area contributed by atoms with Crippen molar-refractivity contribution in [1.29, 1.82) is 0 Å². The molecule has 6 rings (SSSR count). The minimum Gasteiger partial charge on any atom is -0.444 e. The van der Waals surface area contributed by atoms with E-state index in [-0.39, 0.29) is 45.7 Å². The third-order valence-electron chi connectivity index (χ3n) is 8.19. The minimum absolute atomic E-state index is 0.0381. The summed E-state index contributed by atoms with van der Waals surface area (Å²) >= 11 is 6.36. The van der Waals surface area contributed by atoms with Crippen LogP contribution in [-0.2, 0) is 18.0 Å². The predicted molar refractivity (Wildman–Crippen MR) is 153 cm³/mol. The SMILES string of the molecule is Cn1c(-c2cn([C@H]3CC3(F)F)nc2C(F)(F)F)cnc1C(=O)Nc1ccc(C(=O)NC2[C@H]3CN(C(=O)OC(C)(C)C)C[C@@H]23)c(Cl)c1. The normalized spacial score (nSPS) is 23.1. The zero-order valence-corrected chi connectivity index (χ0v) is 25.7. The number of carbonyl (C=O) groups excluding carboxylic acids is 3. The molecule has 1 unspecified atom stereocenters. The molecule has 3 aliphatic rings. The van der Waals surface area contributed by atoms with Gasteiger partial charge in [-0.1, -0.05) is 11.6 Å². The maximum atomic E-state index is 13.7. The Morgan fingerprint density at radius 2 is 1.74 bits per heavy atom. The lowest BCUT2D eigenvalue weighted by Gasteiger charge is -2.26. The number of halogens is 6. The molecule has 0 spiro atoms. The number of rotatable bonds is 6. The molecule has 1 saturated heterocycles. The number of alkyl halides is 5.